The molecule has 4 aliphatic rings. The minimum atomic E-state index is 0.612. The maximum absolute atomic E-state index is 3.99. The summed E-state index contributed by atoms with van der Waals surface area (Å²) in [7, 11) is 0. The van der Waals surface area contributed by atoms with Crippen LogP contribution in [0.3, 0.4) is 0 Å². The highest BCUT2D eigenvalue weighted by atomic mass is 15.2. The maximum Gasteiger partial charge on any atom is 0.0329 e. The Kier molecular flexibility index (Phi) is 2.89. The highest BCUT2D eigenvalue weighted by molar-refractivity contribution is 5.37. The summed E-state index contributed by atoms with van der Waals surface area (Å²) >= 11 is 0. The maximum atomic E-state index is 3.99. The van der Waals surface area contributed by atoms with Crippen LogP contribution in [0, 0.1) is 12.8 Å². The first-order valence-electron chi connectivity index (χ1n) is 7.87. The molecule has 2 atom stereocenters. The predicted octanol–water partition coefficient (Wildman–Crippen LogP) is 2.67. The van der Waals surface area contributed by atoms with Crippen molar-refractivity contribution >= 4 is 0 Å². The monoisotopic (exact) mass is 256 g/mol. The molecule has 0 aromatic heterocycles. The zero-order valence-electron chi connectivity index (χ0n) is 11.9. The number of benzene rings is 1. The van der Waals surface area contributed by atoms with Crippen molar-refractivity contribution in [2.75, 3.05) is 19.6 Å². The average Bonchev–Trinajstić information content (AvgIpc) is 2.83. The molecule has 3 saturated heterocycles. The van der Waals surface area contributed by atoms with Gasteiger partial charge in [-0.05, 0) is 62.7 Å². The number of piperidine rings is 3. The Morgan fingerprint density at radius 1 is 1.16 bits per heavy atom. The molecule has 102 valence electrons. The van der Waals surface area contributed by atoms with Gasteiger partial charge < -0.3 is 10.2 Å². The van der Waals surface area contributed by atoms with Gasteiger partial charge in [-0.2, -0.15) is 0 Å². The Balaban J connectivity index is 1.52. The van der Waals surface area contributed by atoms with E-state index in [0.29, 0.717) is 6.04 Å². The number of hydrogen-bond acceptors (Lipinski definition) is 2. The second-order valence-electron chi connectivity index (χ2n) is 6.70. The number of nitrogens with one attached hydrogen (secondary N) is 1. The first kappa shape index (κ1) is 11.9. The summed E-state index contributed by atoms with van der Waals surface area (Å²) in [5, 5.41) is 3.99. The van der Waals surface area contributed by atoms with Gasteiger partial charge in [0, 0.05) is 18.6 Å². The van der Waals surface area contributed by atoms with Crippen LogP contribution in [-0.4, -0.2) is 30.6 Å². The van der Waals surface area contributed by atoms with Gasteiger partial charge in [0.2, 0.25) is 0 Å². The molecule has 0 saturated carbocycles. The summed E-state index contributed by atoms with van der Waals surface area (Å²) in [6, 6.07) is 8.35. The molecule has 2 unspecified atom stereocenters. The minimum Gasteiger partial charge on any atom is -0.306 e. The number of hydrogen-bond donors (Lipinski definition) is 1. The lowest BCUT2D eigenvalue weighted by molar-refractivity contribution is 0.0670. The molecular weight excluding hydrogens is 232 g/mol. The highest BCUT2D eigenvalue weighted by Crippen LogP contribution is 2.35. The van der Waals surface area contributed by atoms with Gasteiger partial charge in [-0.1, -0.05) is 23.8 Å². The van der Waals surface area contributed by atoms with Crippen molar-refractivity contribution in [1.29, 1.82) is 0 Å². The number of fused-ring (bicyclic) bond motifs is 4. The van der Waals surface area contributed by atoms with Gasteiger partial charge in [0.25, 0.3) is 0 Å². The third-order valence-electron chi connectivity index (χ3n) is 5.45. The van der Waals surface area contributed by atoms with E-state index in [0.717, 1.165) is 12.0 Å². The third kappa shape index (κ3) is 2.11. The van der Waals surface area contributed by atoms with Crippen molar-refractivity contribution in [3.8, 4) is 0 Å². The summed E-state index contributed by atoms with van der Waals surface area (Å²) in [5.74, 6) is 0.929. The van der Waals surface area contributed by atoms with E-state index in [9.17, 15) is 0 Å². The molecule has 1 aliphatic carbocycles. The van der Waals surface area contributed by atoms with Crippen LogP contribution in [0.5, 0.6) is 0 Å². The van der Waals surface area contributed by atoms with Crippen LogP contribution < -0.4 is 5.32 Å². The number of aryl methyl sites for hydroxylation is 2. The Bertz CT molecular complexity index is 474. The fourth-order valence-corrected chi connectivity index (χ4v) is 4.31. The Labute approximate surface area is 116 Å². The normalized spacial score (nSPS) is 36.5. The van der Waals surface area contributed by atoms with E-state index < -0.39 is 0 Å². The average molecular weight is 256 g/mol. The SMILES string of the molecule is Cc1ccc2c(c1)C(NC1CN3CCC1CC3)CC2. The van der Waals surface area contributed by atoms with Gasteiger partial charge >= 0.3 is 0 Å². The van der Waals surface area contributed by atoms with E-state index in [2.05, 4.69) is 35.3 Å². The smallest absolute Gasteiger partial charge is 0.0329 e. The van der Waals surface area contributed by atoms with Gasteiger partial charge in [0.05, 0.1) is 0 Å². The van der Waals surface area contributed by atoms with Crippen LogP contribution >= 0.6 is 0 Å². The lowest BCUT2D eigenvalue weighted by Gasteiger charge is -2.46. The van der Waals surface area contributed by atoms with Crippen molar-refractivity contribution in [2.24, 2.45) is 5.92 Å². The van der Waals surface area contributed by atoms with Crippen LogP contribution in [0.25, 0.3) is 0 Å². The van der Waals surface area contributed by atoms with Gasteiger partial charge in [0.1, 0.15) is 0 Å². The van der Waals surface area contributed by atoms with Crippen LogP contribution in [0.15, 0.2) is 18.2 Å². The molecule has 3 heterocycles. The summed E-state index contributed by atoms with van der Waals surface area (Å²) < 4.78 is 0. The molecule has 1 N–H and O–H groups in total. The van der Waals surface area contributed by atoms with Gasteiger partial charge in [0.15, 0.2) is 0 Å². The second kappa shape index (κ2) is 4.60. The van der Waals surface area contributed by atoms with Gasteiger partial charge in [-0.15, -0.1) is 0 Å². The Hall–Kier alpha value is -0.860. The van der Waals surface area contributed by atoms with Crippen molar-refractivity contribution in [1.82, 2.24) is 10.2 Å². The Morgan fingerprint density at radius 3 is 2.74 bits per heavy atom. The summed E-state index contributed by atoms with van der Waals surface area (Å²) in [6.07, 6.45) is 5.37. The molecule has 3 aliphatic heterocycles. The molecular formula is C17H24N2. The lowest BCUT2D eigenvalue weighted by Crippen LogP contribution is -2.56. The fraction of sp³-hybridized carbons (Fsp3) is 0.647. The topological polar surface area (TPSA) is 15.3 Å². The third-order valence-corrected chi connectivity index (χ3v) is 5.45. The quantitative estimate of drug-likeness (QED) is 0.875. The van der Waals surface area contributed by atoms with Gasteiger partial charge in [-0.3, -0.25) is 0 Å². The molecule has 2 bridgehead atoms. The fourth-order valence-electron chi connectivity index (χ4n) is 4.31. The van der Waals surface area contributed by atoms with E-state index >= 15 is 0 Å². The van der Waals surface area contributed by atoms with Crippen LogP contribution in [0.4, 0.5) is 0 Å². The molecule has 19 heavy (non-hydrogen) atoms. The van der Waals surface area contributed by atoms with Crippen molar-refractivity contribution in [2.45, 2.75) is 44.7 Å². The summed E-state index contributed by atoms with van der Waals surface area (Å²) in [4.78, 5) is 2.64. The largest absolute Gasteiger partial charge is 0.306 e. The van der Waals surface area contributed by atoms with E-state index in [-0.39, 0.29) is 0 Å². The first-order chi connectivity index (χ1) is 9.29. The lowest BCUT2D eigenvalue weighted by atomic mass is 9.83. The predicted molar refractivity (Wildman–Crippen MR) is 78.3 cm³/mol. The molecule has 1 aromatic rings. The molecule has 2 heteroatoms. The Morgan fingerprint density at radius 2 is 2.00 bits per heavy atom. The molecule has 3 fully saturated rings. The van der Waals surface area contributed by atoms with Crippen LogP contribution in [0.1, 0.15) is 42.0 Å². The zero-order chi connectivity index (χ0) is 12.8. The van der Waals surface area contributed by atoms with Crippen LogP contribution in [-0.2, 0) is 6.42 Å². The zero-order valence-corrected chi connectivity index (χ0v) is 11.9. The highest BCUT2D eigenvalue weighted by Gasteiger charge is 2.36. The first-order valence-corrected chi connectivity index (χ1v) is 7.87. The second-order valence-corrected chi connectivity index (χ2v) is 6.70. The van der Waals surface area contributed by atoms with E-state index in [1.54, 1.807) is 11.1 Å². The minimum absolute atomic E-state index is 0.612. The van der Waals surface area contributed by atoms with Crippen molar-refractivity contribution in [3.63, 3.8) is 0 Å². The number of nitrogens with zero attached hydrogens (tertiary/aromatic N) is 1. The van der Waals surface area contributed by atoms with E-state index in [1.807, 2.05) is 0 Å². The number of rotatable bonds is 2. The van der Waals surface area contributed by atoms with Crippen LogP contribution in [0.2, 0.25) is 0 Å². The molecule has 0 radical (unpaired) electrons. The van der Waals surface area contributed by atoms with Crippen molar-refractivity contribution < 1.29 is 0 Å². The molecule has 0 spiro atoms. The van der Waals surface area contributed by atoms with Crippen molar-refractivity contribution in [3.05, 3.63) is 34.9 Å². The van der Waals surface area contributed by atoms with E-state index in [4.69, 9.17) is 0 Å². The summed E-state index contributed by atoms with van der Waals surface area (Å²) in [5.41, 5.74) is 4.56. The molecule has 2 nitrogen and oxygen atoms in total. The van der Waals surface area contributed by atoms with Gasteiger partial charge in [-0.25, -0.2) is 0 Å². The summed E-state index contributed by atoms with van der Waals surface area (Å²) in [6.45, 7) is 6.17. The standard InChI is InChI=1S/C17H24N2/c1-12-2-3-13-4-5-16(15(13)10-12)18-17-11-19-8-6-14(17)7-9-19/h2-3,10,14,16-18H,4-9,11H2,1H3. The van der Waals surface area contributed by atoms with E-state index in [1.165, 1.54) is 50.9 Å². The molecule has 5 rings (SSSR count). The molecule has 1 aromatic carbocycles. The molecule has 0 amide bonds.